The van der Waals surface area contributed by atoms with Gasteiger partial charge in [0.05, 0.1) is 14.9 Å². The van der Waals surface area contributed by atoms with Crippen LogP contribution in [0.15, 0.2) is 32.9 Å². The zero-order chi connectivity index (χ0) is 18.7. The van der Waals surface area contributed by atoms with Crippen LogP contribution in [0.3, 0.4) is 0 Å². The molecule has 1 aromatic heterocycles. The molecule has 0 aliphatic carbocycles. The SMILES string of the molecule is CC(C)c1cc(S(=O)c2c(Cl)cc(OCC(=O)O)cc2Cl)n[nH]c1=O. The Balaban J connectivity index is 2.41. The molecule has 0 saturated heterocycles. The maximum atomic E-state index is 12.8. The van der Waals surface area contributed by atoms with E-state index in [1.54, 1.807) is 0 Å². The van der Waals surface area contributed by atoms with Crippen molar-refractivity contribution in [3.8, 4) is 5.75 Å². The normalized spacial score (nSPS) is 12.2. The average molecular weight is 405 g/mol. The van der Waals surface area contributed by atoms with Gasteiger partial charge < -0.3 is 9.84 Å². The molecule has 0 spiro atoms. The second-order valence-corrected chi connectivity index (χ2v) is 7.49. The molecule has 0 fully saturated rings. The van der Waals surface area contributed by atoms with Crippen LogP contribution in [0.4, 0.5) is 0 Å². The summed E-state index contributed by atoms with van der Waals surface area (Å²) in [5, 5.41) is 14.9. The third-order valence-electron chi connectivity index (χ3n) is 3.14. The molecule has 0 saturated carbocycles. The second-order valence-electron chi connectivity index (χ2n) is 5.31. The van der Waals surface area contributed by atoms with Gasteiger partial charge in [-0.2, -0.15) is 5.10 Å². The minimum atomic E-state index is -1.84. The Hall–Kier alpha value is -1.90. The van der Waals surface area contributed by atoms with Crippen molar-refractivity contribution in [2.45, 2.75) is 29.7 Å². The van der Waals surface area contributed by atoms with Crippen LogP contribution in [0.5, 0.6) is 5.75 Å². The molecule has 0 aliphatic rings. The number of aliphatic carboxylic acids is 1. The van der Waals surface area contributed by atoms with E-state index in [9.17, 15) is 13.8 Å². The Labute approximate surface area is 155 Å². The van der Waals surface area contributed by atoms with E-state index in [0.717, 1.165) is 0 Å². The molecule has 0 radical (unpaired) electrons. The summed E-state index contributed by atoms with van der Waals surface area (Å²) in [7, 11) is -1.84. The Kier molecular flexibility index (Phi) is 6.21. The highest BCUT2D eigenvalue weighted by Crippen LogP contribution is 2.34. The van der Waals surface area contributed by atoms with Crippen molar-refractivity contribution in [1.82, 2.24) is 10.2 Å². The van der Waals surface area contributed by atoms with Gasteiger partial charge in [-0.15, -0.1) is 0 Å². The Morgan fingerprint density at radius 3 is 2.44 bits per heavy atom. The quantitative estimate of drug-likeness (QED) is 0.765. The van der Waals surface area contributed by atoms with Crippen molar-refractivity contribution in [3.05, 3.63) is 44.2 Å². The van der Waals surface area contributed by atoms with E-state index in [1.807, 2.05) is 13.8 Å². The summed E-state index contributed by atoms with van der Waals surface area (Å²) in [6, 6.07) is 4.08. The first kappa shape index (κ1) is 19.4. The van der Waals surface area contributed by atoms with Crippen molar-refractivity contribution in [2.24, 2.45) is 0 Å². The van der Waals surface area contributed by atoms with E-state index in [1.165, 1.54) is 18.2 Å². The summed E-state index contributed by atoms with van der Waals surface area (Å²) in [4.78, 5) is 22.4. The van der Waals surface area contributed by atoms with Gasteiger partial charge in [-0.25, -0.2) is 14.1 Å². The lowest BCUT2D eigenvalue weighted by Crippen LogP contribution is -2.17. The lowest BCUT2D eigenvalue weighted by atomic mass is 10.1. The van der Waals surface area contributed by atoms with Crippen LogP contribution in [0.25, 0.3) is 0 Å². The topological polar surface area (TPSA) is 109 Å². The van der Waals surface area contributed by atoms with Gasteiger partial charge in [0.2, 0.25) is 0 Å². The number of ether oxygens (including phenoxy) is 1. The van der Waals surface area contributed by atoms with E-state index in [2.05, 4.69) is 10.2 Å². The van der Waals surface area contributed by atoms with Gasteiger partial charge in [-0.1, -0.05) is 37.0 Å². The minimum absolute atomic E-state index is 0.0327. The van der Waals surface area contributed by atoms with Gasteiger partial charge in [0.1, 0.15) is 16.5 Å². The number of carboxylic acid groups (broad SMARTS) is 1. The van der Waals surface area contributed by atoms with Crippen LogP contribution in [-0.2, 0) is 15.6 Å². The molecule has 1 aromatic carbocycles. The highest BCUT2D eigenvalue weighted by atomic mass is 35.5. The second kappa shape index (κ2) is 7.99. The van der Waals surface area contributed by atoms with Gasteiger partial charge >= 0.3 is 5.97 Å². The maximum absolute atomic E-state index is 12.8. The monoisotopic (exact) mass is 404 g/mol. The number of carboxylic acids is 1. The number of benzene rings is 1. The average Bonchev–Trinajstić information content (AvgIpc) is 2.52. The lowest BCUT2D eigenvalue weighted by molar-refractivity contribution is -0.139. The molecule has 25 heavy (non-hydrogen) atoms. The van der Waals surface area contributed by atoms with Gasteiger partial charge in [0.25, 0.3) is 5.56 Å². The Morgan fingerprint density at radius 2 is 1.92 bits per heavy atom. The summed E-state index contributed by atoms with van der Waals surface area (Å²) in [6.45, 7) is 3.09. The number of carbonyl (C=O) groups is 1. The van der Waals surface area contributed by atoms with Gasteiger partial charge in [0, 0.05) is 17.7 Å². The van der Waals surface area contributed by atoms with E-state index in [-0.39, 0.29) is 37.2 Å². The minimum Gasteiger partial charge on any atom is -0.482 e. The van der Waals surface area contributed by atoms with E-state index < -0.39 is 23.4 Å². The first-order valence-corrected chi connectivity index (χ1v) is 8.96. The molecule has 2 N–H and O–H groups in total. The van der Waals surface area contributed by atoms with Gasteiger partial charge in [-0.05, 0) is 12.0 Å². The first-order chi connectivity index (χ1) is 11.7. The summed E-state index contributed by atoms with van der Waals surface area (Å²) in [5.74, 6) is -1.10. The molecule has 0 bridgehead atoms. The molecule has 1 unspecified atom stereocenters. The number of nitrogens with one attached hydrogen (secondary N) is 1. The molecule has 2 aromatic rings. The molecule has 2 rings (SSSR count). The molecule has 7 nitrogen and oxygen atoms in total. The van der Waals surface area contributed by atoms with Crippen LogP contribution in [0, 0.1) is 0 Å². The van der Waals surface area contributed by atoms with Crippen LogP contribution >= 0.6 is 23.2 Å². The van der Waals surface area contributed by atoms with Crippen LogP contribution < -0.4 is 10.3 Å². The standard InChI is InChI=1S/C15H14Cl2N2O5S/c1-7(2)9-5-12(18-19-15(9)22)25(23)14-10(16)3-8(4-11(14)17)24-6-13(20)21/h3-5,7H,6H2,1-2H3,(H,19,22)(H,20,21). The number of aromatic amines is 1. The fourth-order valence-electron chi connectivity index (χ4n) is 1.97. The molecular formula is C15H14Cl2N2O5S. The van der Waals surface area contributed by atoms with Gasteiger partial charge in [0.15, 0.2) is 11.6 Å². The highest BCUT2D eigenvalue weighted by molar-refractivity contribution is 7.85. The van der Waals surface area contributed by atoms with Gasteiger partial charge in [-0.3, -0.25) is 4.79 Å². The van der Waals surface area contributed by atoms with E-state index >= 15 is 0 Å². The number of hydrogen-bond acceptors (Lipinski definition) is 5. The largest absolute Gasteiger partial charge is 0.482 e. The summed E-state index contributed by atoms with van der Waals surface area (Å²) in [6.07, 6.45) is 0. The summed E-state index contributed by atoms with van der Waals surface area (Å²) >= 11 is 12.2. The van der Waals surface area contributed by atoms with Crippen LogP contribution in [-0.4, -0.2) is 32.1 Å². The maximum Gasteiger partial charge on any atom is 0.341 e. The number of hydrogen-bond donors (Lipinski definition) is 2. The molecule has 1 atom stereocenters. The third kappa shape index (κ3) is 4.59. The Bertz CT molecular complexity index is 875. The third-order valence-corrected chi connectivity index (χ3v) is 5.36. The zero-order valence-electron chi connectivity index (χ0n) is 13.2. The van der Waals surface area contributed by atoms with Crippen molar-refractivity contribution < 1.29 is 18.8 Å². The molecular weight excluding hydrogens is 391 g/mol. The lowest BCUT2D eigenvalue weighted by Gasteiger charge is -2.11. The molecule has 0 aliphatic heterocycles. The first-order valence-electron chi connectivity index (χ1n) is 7.05. The highest BCUT2D eigenvalue weighted by Gasteiger charge is 2.20. The summed E-state index contributed by atoms with van der Waals surface area (Å²) in [5.41, 5.74) is 0.0809. The van der Waals surface area contributed by atoms with Crippen molar-refractivity contribution >= 4 is 40.0 Å². The van der Waals surface area contributed by atoms with Crippen molar-refractivity contribution in [1.29, 1.82) is 0 Å². The van der Waals surface area contributed by atoms with Crippen LogP contribution in [0.2, 0.25) is 10.0 Å². The number of aromatic nitrogens is 2. The molecule has 134 valence electrons. The number of halogens is 2. The molecule has 1 heterocycles. The van der Waals surface area contributed by atoms with Crippen LogP contribution in [0.1, 0.15) is 25.3 Å². The summed E-state index contributed by atoms with van der Waals surface area (Å²) < 4.78 is 17.8. The number of rotatable bonds is 6. The smallest absolute Gasteiger partial charge is 0.341 e. The van der Waals surface area contributed by atoms with E-state index in [4.69, 9.17) is 33.0 Å². The van der Waals surface area contributed by atoms with Crippen molar-refractivity contribution in [3.63, 3.8) is 0 Å². The van der Waals surface area contributed by atoms with Crippen molar-refractivity contribution in [2.75, 3.05) is 6.61 Å². The number of nitrogens with zero attached hydrogens (tertiary/aromatic N) is 1. The predicted octanol–water partition coefficient (Wildman–Crippen LogP) is 2.83. The molecule has 0 amide bonds. The van der Waals surface area contributed by atoms with E-state index in [0.29, 0.717) is 5.56 Å². The predicted molar refractivity (Wildman–Crippen MR) is 93.2 cm³/mol. The number of H-pyrrole nitrogens is 1. The molecule has 10 heteroatoms. The Morgan fingerprint density at radius 1 is 1.32 bits per heavy atom. The fourth-order valence-corrected chi connectivity index (χ4v) is 3.90. The fraction of sp³-hybridized carbons (Fsp3) is 0.267. The zero-order valence-corrected chi connectivity index (χ0v) is 15.5.